The molecule has 0 aliphatic carbocycles. The third kappa shape index (κ3) is 4.37. The highest BCUT2D eigenvalue weighted by molar-refractivity contribution is 5.84. The molecule has 1 amide bonds. The summed E-state index contributed by atoms with van der Waals surface area (Å²) in [6, 6.07) is 10.3. The molecule has 0 aromatic heterocycles. The van der Waals surface area contributed by atoms with Gasteiger partial charge in [-0.1, -0.05) is 30.3 Å². The van der Waals surface area contributed by atoms with Gasteiger partial charge in [0.15, 0.2) is 0 Å². The SMILES string of the molecule is CCOC[C@@H]1CCN(C(=O)[C@@H](CN2CCCC2)c2ccccc2)C1. The summed E-state index contributed by atoms with van der Waals surface area (Å²) in [5.74, 6) is 0.763. The van der Waals surface area contributed by atoms with Crippen molar-refractivity contribution in [3.63, 3.8) is 0 Å². The van der Waals surface area contributed by atoms with Crippen molar-refractivity contribution in [2.24, 2.45) is 5.92 Å². The number of amides is 1. The first kappa shape index (κ1) is 17.4. The van der Waals surface area contributed by atoms with Crippen molar-refractivity contribution in [3.05, 3.63) is 35.9 Å². The highest BCUT2D eigenvalue weighted by atomic mass is 16.5. The van der Waals surface area contributed by atoms with Crippen LogP contribution in [0.4, 0.5) is 0 Å². The normalized spacial score (nSPS) is 22.9. The Labute approximate surface area is 145 Å². The lowest BCUT2D eigenvalue weighted by Crippen LogP contribution is -2.39. The van der Waals surface area contributed by atoms with Gasteiger partial charge in [-0.05, 0) is 44.8 Å². The first-order valence-electron chi connectivity index (χ1n) is 9.41. The van der Waals surface area contributed by atoms with Crippen LogP contribution < -0.4 is 0 Å². The Balaban J connectivity index is 1.67. The summed E-state index contributed by atoms with van der Waals surface area (Å²) in [4.78, 5) is 17.7. The predicted octanol–water partition coefficient (Wildman–Crippen LogP) is 2.75. The third-order valence-electron chi connectivity index (χ3n) is 5.29. The van der Waals surface area contributed by atoms with Crippen molar-refractivity contribution in [1.82, 2.24) is 9.80 Å². The number of carbonyl (C=O) groups excluding carboxylic acids is 1. The van der Waals surface area contributed by atoms with Gasteiger partial charge in [0.25, 0.3) is 0 Å². The molecule has 0 saturated carbocycles. The zero-order valence-corrected chi connectivity index (χ0v) is 14.8. The summed E-state index contributed by atoms with van der Waals surface area (Å²) in [5, 5.41) is 0. The van der Waals surface area contributed by atoms with Gasteiger partial charge in [0.05, 0.1) is 12.5 Å². The average molecular weight is 330 g/mol. The second-order valence-electron chi connectivity index (χ2n) is 7.07. The Kier molecular flexibility index (Phi) is 6.27. The fraction of sp³-hybridized carbons (Fsp3) is 0.650. The van der Waals surface area contributed by atoms with Gasteiger partial charge in [-0.15, -0.1) is 0 Å². The van der Waals surface area contributed by atoms with Crippen LogP contribution in [0.15, 0.2) is 30.3 Å². The van der Waals surface area contributed by atoms with Crippen LogP contribution in [0.5, 0.6) is 0 Å². The van der Waals surface area contributed by atoms with Gasteiger partial charge >= 0.3 is 0 Å². The molecule has 0 spiro atoms. The molecule has 2 fully saturated rings. The molecule has 0 N–H and O–H groups in total. The van der Waals surface area contributed by atoms with Gasteiger partial charge in [-0.25, -0.2) is 0 Å². The molecule has 4 nitrogen and oxygen atoms in total. The van der Waals surface area contributed by atoms with Crippen LogP contribution in [0.3, 0.4) is 0 Å². The molecule has 3 rings (SSSR count). The molecule has 2 aliphatic rings. The minimum absolute atomic E-state index is 0.0323. The Morgan fingerprint density at radius 1 is 1.21 bits per heavy atom. The predicted molar refractivity (Wildman–Crippen MR) is 96.0 cm³/mol. The van der Waals surface area contributed by atoms with E-state index in [1.165, 1.54) is 12.8 Å². The molecule has 2 aliphatic heterocycles. The average Bonchev–Trinajstić information content (AvgIpc) is 3.30. The Morgan fingerprint density at radius 3 is 2.67 bits per heavy atom. The summed E-state index contributed by atoms with van der Waals surface area (Å²) in [6.07, 6.45) is 3.59. The number of rotatable bonds is 7. The lowest BCUT2D eigenvalue weighted by Gasteiger charge is -2.27. The molecule has 2 atom stereocenters. The second-order valence-corrected chi connectivity index (χ2v) is 7.07. The number of hydrogen-bond donors (Lipinski definition) is 0. The van der Waals surface area contributed by atoms with E-state index in [1.54, 1.807) is 0 Å². The van der Waals surface area contributed by atoms with Crippen molar-refractivity contribution in [2.75, 3.05) is 45.9 Å². The monoisotopic (exact) mass is 330 g/mol. The van der Waals surface area contributed by atoms with Crippen LogP contribution in [-0.2, 0) is 9.53 Å². The van der Waals surface area contributed by atoms with E-state index in [0.29, 0.717) is 11.8 Å². The Morgan fingerprint density at radius 2 is 1.96 bits per heavy atom. The second kappa shape index (κ2) is 8.63. The zero-order chi connectivity index (χ0) is 16.8. The van der Waals surface area contributed by atoms with Gasteiger partial charge in [-0.2, -0.15) is 0 Å². The van der Waals surface area contributed by atoms with Gasteiger partial charge in [0, 0.05) is 32.2 Å². The summed E-state index contributed by atoms with van der Waals surface area (Å²) in [7, 11) is 0. The van der Waals surface area contributed by atoms with E-state index in [2.05, 4.69) is 21.9 Å². The fourth-order valence-electron chi connectivity index (χ4n) is 3.91. The number of nitrogens with zero attached hydrogens (tertiary/aromatic N) is 2. The molecule has 2 heterocycles. The number of hydrogen-bond acceptors (Lipinski definition) is 3. The molecule has 0 radical (unpaired) electrons. The summed E-state index contributed by atoms with van der Waals surface area (Å²) >= 11 is 0. The zero-order valence-electron chi connectivity index (χ0n) is 14.8. The molecule has 1 aromatic rings. The van der Waals surface area contributed by atoms with E-state index < -0.39 is 0 Å². The molecular weight excluding hydrogens is 300 g/mol. The smallest absolute Gasteiger partial charge is 0.231 e. The molecule has 24 heavy (non-hydrogen) atoms. The van der Waals surface area contributed by atoms with E-state index in [4.69, 9.17) is 4.74 Å². The third-order valence-corrected chi connectivity index (χ3v) is 5.29. The summed E-state index contributed by atoms with van der Waals surface area (Å²) < 4.78 is 5.55. The number of benzene rings is 1. The largest absolute Gasteiger partial charge is 0.381 e. The Hall–Kier alpha value is -1.39. The highest BCUT2D eigenvalue weighted by Crippen LogP contribution is 2.26. The summed E-state index contributed by atoms with van der Waals surface area (Å²) in [6.45, 7) is 8.40. The molecule has 0 unspecified atom stereocenters. The maximum atomic E-state index is 13.2. The van der Waals surface area contributed by atoms with Crippen molar-refractivity contribution in [3.8, 4) is 0 Å². The minimum atomic E-state index is -0.0323. The van der Waals surface area contributed by atoms with E-state index in [1.807, 2.05) is 25.1 Å². The topological polar surface area (TPSA) is 32.8 Å². The number of likely N-dealkylation sites (tertiary alicyclic amines) is 2. The first-order chi connectivity index (χ1) is 11.8. The quantitative estimate of drug-likeness (QED) is 0.771. The van der Waals surface area contributed by atoms with Crippen molar-refractivity contribution in [2.45, 2.75) is 32.1 Å². The van der Waals surface area contributed by atoms with Crippen LogP contribution in [0, 0.1) is 5.92 Å². The highest BCUT2D eigenvalue weighted by Gasteiger charge is 2.33. The fourth-order valence-corrected chi connectivity index (χ4v) is 3.91. The van der Waals surface area contributed by atoms with Crippen LogP contribution in [0.1, 0.15) is 37.7 Å². The first-order valence-corrected chi connectivity index (χ1v) is 9.41. The molecule has 4 heteroatoms. The van der Waals surface area contributed by atoms with E-state index in [0.717, 1.165) is 57.9 Å². The number of carbonyl (C=O) groups is 1. The van der Waals surface area contributed by atoms with Crippen LogP contribution in [0.25, 0.3) is 0 Å². The standard InChI is InChI=1S/C20H30N2O2/c1-2-24-16-17-10-13-22(14-17)20(23)19(15-21-11-6-7-12-21)18-8-4-3-5-9-18/h3-5,8-9,17,19H,2,6-7,10-16H2,1H3/t17-,19+/m1/s1. The number of ether oxygens (including phenoxy) is 1. The van der Waals surface area contributed by atoms with E-state index >= 15 is 0 Å². The van der Waals surface area contributed by atoms with Crippen molar-refractivity contribution in [1.29, 1.82) is 0 Å². The molecule has 2 saturated heterocycles. The van der Waals surface area contributed by atoms with Gasteiger partial charge in [0.1, 0.15) is 0 Å². The van der Waals surface area contributed by atoms with Gasteiger partial charge < -0.3 is 14.5 Å². The molecular formula is C20H30N2O2. The van der Waals surface area contributed by atoms with Crippen LogP contribution in [-0.4, -0.2) is 61.6 Å². The van der Waals surface area contributed by atoms with Gasteiger partial charge in [0.2, 0.25) is 5.91 Å². The van der Waals surface area contributed by atoms with Crippen LogP contribution >= 0.6 is 0 Å². The van der Waals surface area contributed by atoms with Crippen molar-refractivity contribution >= 4 is 5.91 Å². The summed E-state index contributed by atoms with van der Waals surface area (Å²) in [5.41, 5.74) is 1.16. The Bertz CT molecular complexity index is 514. The maximum absolute atomic E-state index is 13.2. The molecule has 1 aromatic carbocycles. The lowest BCUT2D eigenvalue weighted by molar-refractivity contribution is -0.132. The van der Waals surface area contributed by atoms with Gasteiger partial charge in [-0.3, -0.25) is 4.79 Å². The minimum Gasteiger partial charge on any atom is -0.381 e. The molecule has 0 bridgehead atoms. The van der Waals surface area contributed by atoms with Crippen LogP contribution in [0.2, 0.25) is 0 Å². The molecule has 132 valence electrons. The lowest BCUT2D eigenvalue weighted by atomic mass is 9.97. The van der Waals surface area contributed by atoms with Crippen molar-refractivity contribution < 1.29 is 9.53 Å². The van der Waals surface area contributed by atoms with E-state index in [-0.39, 0.29) is 5.92 Å². The maximum Gasteiger partial charge on any atom is 0.231 e. The van der Waals surface area contributed by atoms with E-state index in [9.17, 15) is 4.79 Å².